The fourth-order valence-corrected chi connectivity index (χ4v) is 4.60. The summed E-state index contributed by atoms with van der Waals surface area (Å²) in [7, 11) is 0. The highest BCUT2D eigenvalue weighted by Crippen LogP contribution is 2.29. The molecule has 0 aliphatic rings. The van der Waals surface area contributed by atoms with Crippen molar-refractivity contribution in [3.05, 3.63) is 99.3 Å². The number of Topliss-reactive ketones (excluding diaryl/α,β-unsaturated/α-hetero) is 1. The largest absolute Gasteiger partial charge is 0.494 e. The molecule has 6 heteroatoms. The first-order chi connectivity index (χ1) is 16.0. The summed E-state index contributed by atoms with van der Waals surface area (Å²) in [5.41, 5.74) is 4.36. The normalized spacial score (nSPS) is 11.0. The fraction of sp³-hybridized carbons (Fsp3) is 0.222. The quantitative estimate of drug-likeness (QED) is 0.194. The monoisotopic (exact) mass is 458 g/mol. The summed E-state index contributed by atoms with van der Waals surface area (Å²) in [6.45, 7) is 6.49. The van der Waals surface area contributed by atoms with Gasteiger partial charge in [0.1, 0.15) is 5.75 Å². The van der Waals surface area contributed by atoms with Gasteiger partial charge in [-0.15, -0.1) is 0 Å². The molecule has 0 atom stereocenters. The number of benzene rings is 3. The summed E-state index contributed by atoms with van der Waals surface area (Å²) in [5, 5.41) is 1.23. The smallest absolute Gasteiger partial charge is 0.262 e. The standard InChI is InChI=1S/C27H26N2O3S/c1-4-32-25-14-13-21(19(3)30)15-22(25)17-33-27-28-24-8-6-5-7-23(24)26(31)29(27)16-20-11-9-18(2)10-12-20/h5-15H,4,16-17H2,1-3H3. The van der Waals surface area contributed by atoms with Crippen LogP contribution in [0.4, 0.5) is 0 Å². The van der Waals surface area contributed by atoms with Crippen LogP contribution in [0.25, 0.3) is 10.9 Å². The Morgan fingerprint density at radius 2 is 1.82 bits per heavy atom. The Bertz CT molecular complexity index is 1360. The topological polar surface area (TPSA) is 61.2 Å². The summed E-state index contributed by atoms with van der Waals surface area (Å²) >= 11 is 1.47. The summed E-state index contributed by atoms with van der Waals surface area (Å²) < 4.78 is 7.51. The molecule has 0 amide bonds. The summed E-state index contributed by atoms with van der Waals surface area (Å²) in [4.78, 5) is 30.1. The van der Waals surface area contributed by atoms with Gasteiger partial charge in [-0.1, -0.05) is 53.7 Å². The molecule has 0 spiro atoms. The van der Waals surface area contributed by atoms with Crippen LogP contribution >= 0.6 is 11.8 Å². The van der Waals surface area contributed by atoms with Gasteiger partial charge in [0, 0.05) is 16.9 Å². The number of ketones is 1. The van der Waals surface area contributed by atoms with Gasteiger partial charge in [-0.3, -0.25) is 14.2 Å². The van der Waals surface area contributed by atoms with Gasteiger partial charge in [-0.25, -0.2) is 4.98 Å². The van der Waals surface area contributed by atoms with Crippen molar-refractivity contribution < 1.29 is 9.53 Å². The van der Waals surface area contributed by atoms with Crippen LogP contribution in [0, 0.1) is 6.92 Å². The van der Waals surface area contributed by atoms with Crippen LogP contribution in [0.1, 0.15) is 40.9 Å². The number of rotatable bonds is 8. The molecule has 0 aliphatic heterocycles. The van der Waals surface area contributed by atoms with Crippen molar-refractivity contribution in [3.8, 4) is 5.75 Å². The van der Waals surface area contributed by atoms with Crippen LogP contribution in [0.3, 0.4) is 0 Å². The van der Waals surface area contributed by atoms with Crippen molar-refractivity contribution >= 4 is 28.4 Å². The average Bonchev–Trinajstić information content (AvgIpc) is 2.82. The highest BCUT2D eigenvalue weighted by atomic mass is 32.2. The van der Waals surface area contributed by atoms with E-state index >= 15 is 0 Å². The molecule has 5 nitrogen and oxygen atoms in total. The second-order valence-corrected chi connectivity index (χ2v) is 8.83. The third-order valence-corrected chi connectivity index (χ3v) is 6.44. The van der Waals surface area contributed by atoms with Gasteiger partial charge in [0.05, 0.1) is 24.1 Å². The number of carbonyl (C=O) groups is 1. The van der Waals surface area contributed by atoms with Crippen LogP contribution in [0.2, 0.25) is 0 Å². The lowest BCUT2D eigenvalue weighted by Gasteiger charge is -2.15. The average molecular weight is 459 g/mol. The molecule has 0 radical (unpaired) electrons. The molecule has 0 saturated carbocycles. The number of hydrogen-bond acceptors (Lipinski definition) is 5. The Morgan fingerprint density at radius 1 is 1.06 bits per heavy atom. The minimum atomic E-state index is -0.0637. The van der Waals surface area contributed by atoms with E-state index in [9.17, 15) is 9.59 Å². The van der Waals surface area contributed by atoms with Crippen molar-refractivity contribution in [2.45, 2.75) is 38.2 Å². The molecular formula is C27H26N2O3S. The number of nitrogens with zero attached hydrogens (tertiary/aromatic N) is 2. The Labute approximate surface area is 197 Å². The van der Waals surface area contributed by atoms with Crippen molar-refractivity contribution in [2.24, 2.45) is 0 Å². The predicted molar refractivity (Wildman–Crippen MR) is 133 cm³/mol. The van der Waals surface area contributed by atoms with E-state index in [1.54, 1.807) is 17.6 Å². The first-order valence-corrected chi connectivity index (χ1v) is 11.9. The van der Waals surface area contributed by atoms with Crippen molar-refractivity contribution in [1.29, 1.82) is 0 Å². The van der Waals surface area contributed by atoms with Crippen LogP contribution in [0.5, 0.6) is 5.75 Å². The molecular weight excluding hydrogens is 432 g/mol. The molecule has 168 valence electrons. The first kappa shape index (κ1) is 22.8. The lowest BCUT2D eigenvalue weighted by molar-refractivity contribution is 0.101. The SMILES string of the molecule is CCOc1ccc(C(C)=O)cc1CSc1nc2ccccc2c(=O)n1Cc1ccc(C)cc1. The van der Waals surface area contributed by atoms with E-state index in [1.165, 1.54) is 17.3 Å². The molecule has 0 N–H and O–H groups in total. The van der Waals surface area contributed by atoms with Crippen molar-refractivity contribution in [3.63, 3.8) is 0 Å². The molecule has 1 heterocycles. The molecule has 0 aliphatic carbocycles. The van der Waals surface area contributed by atoms with Gasteiger partial charge in [-0.05, 0) is 56.7 Å². The Hall–Kier alpha value is -3.38. The number of thioether (sulfide) groups is 1. The number of para-hydroxylation sites is 1. The molecule has 0 fully saturated rings. The second-order valence-electron chi connectivity index (χ2n) is 7.89. The number of fused-ring (bicyclic) bond motifs is 1. The molecule has 3 aromatic carbocycles. The highest BCUT2D eigenvalue weighted by molar-refractivity contribution is 7.98. The number of aromatic nitrogens is 2. The minimum Gasteiger partial charge on any atom is -0.494 e. The van der Waals surface area contributed by atoms with Gasteiger partial charge in [0.15, 0.2) is 10.9 Å². The van der Waals surface area contributed by atoms with E-state index in [1.807, 2.05) is 74.5 Å². The molecule has 4 rings (SSSR count). The molecule has 0 saturated heterocycles. The maximum absolute atomic E-state index is 13.4. The summed E-state index contributed by atoms with van der Waals surface area (Å²) in [5.74, 6) is 1.27. The lowest BCUT2D eigenvalue weighted by atomic mass is 10.1. The molecule has 33 heavy (non-hydrogen) atoms. The van der Waals surface area contributed by atoms with Gasteiger partial charge < -0.3 is 4.74 Å². The predicted octanol–water partition coefficient (Wildman–Crippen LogP) is 5.65. The van der Waals surface area contributed by atoms with Crippen molar-refractivity contribution in [2.75, 3.05) is 6.61 Å². The maximum Gasteiger partial charge on any atom is 0.262 e. The zero-order chi connectivity index (χ0) is 23.4. The van der Waals surface area contributed by atoms with Crippen molar-refractivity contribution in [1.82, 2.24) is 9.55 Å². The number of ether oxygens (including phenoxy) is 1. The van der Waals surface area contributed by atoms with Gasteiger partial charge in [-0.2, -0.15) is 0 Å². The number of hydrogen-bond donors (Lipinski definition) is 0. The van der Waals surface area contributed by atoms with E-state index in [0.717, 1.165) is 16.9 Å². The number of carbonyl (C=O) groups excluding carboxylic acids is 1. The zero-order valence-corrected chi connectivity index (χ0v) is 19.8. The van der Waals surface area contributed by atoms with E-state index in [2.05, 4.69) is 0 Å². The van der Waals surface area contributed by atoms with Gasteiger partial charge in [0.25, 0.3) is 5.56 Å². The summed E-state index contributed by atoms with van der Waals surface area (Å²) in [6, 6.07) is 21.1. The fourth-order valence-electron chi connectivity index (χ4n) is 3.62. The maximum atomic E-state index is 13.4. The zero-order valence-electron chi connectivity index (χ0n) is 19.0. The lowest BCUT2D eigenvalue weighted by Crippen LogP contribution is -2.24. The van der Waals surface area contributed by atoms with Crippen LogP contribution < -0.4 is 10.3 Å². The van der Waals surface area contributed by atoms with E-state index < -0.39 is 0 Å². The highest BCUT2D eigenvalue weighted by Gasteiger charge is 2.14. The Morgan fingerprint density at radius 3 is 2.55 bits per heavy atom. The Balaban J connectivity index is 1.74. The van der Waals surface area contributed by atoms with Crippen LogP contribution in [-0.4, -0.2) is 21.9 Å². The van der Waals surface area contributed by atoms with E-state index in [4.69, 9.17) is 9.72 Å². The van der Waals surface area contributed by atoms with Gasteiger partial charge in [0.2, 0.25) is 0 Å². The third kappa shape index (κ3) is 5.17. The van der Waals surface area contributed by atoms with E-state index in [-0.39, 0.29) is 11.3 Å². The molecule has 4 aromatic rings. The van der Waals surface area contributed by atoms with Gasteiger partial charge >= 0.3 is 0 Å². The summed E-state index contributed by atoms with van der Waals surface area (Å²) in [6.07, 6.45) is 0. The third-order valence-electron chi connectivity index (χ3n) is 5.41. The first-order valence-electron chi connectivity index (χ1n) is 10.9. The molecule has 1 aromatic heterocycles. The van der Waals surface area contributed by atoms with E-state index in [0.29, 0.717) is 40.5 Å². The minimum absolute atomic E-state index is 0.00408. The number of aryl methyl sites for hydroxylation is 1. The van der Waals surface area contributed by atoms with Crippen LogP contribution in [0.15, 0.2) is 76.7 Å². The molecule has 0 bridgehead atoms. The van der Waals surface area contributed by atoms with Crippen LogP contribution in [-0.2, 0) is 12.3 Å². The molecule has 0 unspecified atom stereocenters. The second kappa shape index (κ2) is 10.0. The Kier molecular flexibility index (Phi) is 6.94.